The quantitative estimate of drug-likeness (QED) is 0.785. The van der Waals surface area contributed by atoms with E-state index in [2.05, 4.69) is 10.6 Å². The Labute approximate surface area is 90.6 Å². The van der Waals surface area contributed by atoms with Gasteiger partial charge in [0.25, 0.3) is 0 Å². The Bertz CT molecular complexity index is 486. The number of aryl methyl sites for hydroxylation is 1. The highest BCUT2D eigenvalue weighted by Crippen LogP contribution is 2.10. The monoisotopic (exact) mass is 223 g/mol. The molecule has 0 saturated carbocycles. The van der Waals surface area contributed by atoms with E-state index in [4.69, 9.17) is 6.42 Å². The maximum Gasteiger partial charge on any atom is 0.241 e. The Hall–Kier alpha value is -1.31. The first-order chi connectivity index (χ1) is 6.95. The molecule has 1 atom stereocenters. The van der Waals surface area contributed by atoms with Crippen LogP contribution in [0.15, 0.2) is 29.2 Å². The van der Waals surface area contributed by atoms with E-state index in [9.17, 15) is 8.42 Å². The molecule has 1 aromatic carbocycles. The summed E-state index contributed by atoms with van der Waals surface area (Å²) in [6.45, 7) is 3.46. The summed E-state index contributed by atoms with van der Waals surface area (Å²) < 4.78 is 25.9. The molecule has 0 aliphatic rings. The van der Waals surface area contributed by atoms with Gasteiger partial charge in [-0.1, -0.05) is 18.1 Å². The van der Waals surface area contributed by atoms with E-state index >= 15 is 0 Å². The van der Waals surface area contributed by atoms with Gasteiger partial charge in [0.2, 0.25) is 10.0 Å². The molecule has 1 N–H and O–H groups in total. The lowest BCUT2D eigenvalue weighted by molar-refractivity contribution is 0.577. The molecular formula is C11H13NO2S. The fraction of sp³-hybridized carbons (Fsp3) is 0.273. The minimum absolute atomic E-state index is 0.240. The third-order valence-electron chi connectivity index (χ3n) is 1.88. The standard InChI is InChI=1S/C11H13NO2S/c1-4-10(3)12-15(13,14)11-7-5-6-9(2)8-11/h1,5-8,10,12H,2-3H3. The maximum absolute atomic E-state index is 11.7. The predicted octanol–water partition coefficient (Wildman–Crippen LogP) is 1.30. The predicted molar refractivity (Wildman–Crippen MR) is 59.8 cm³/mol. The lowest BCUT2D eigenvalue weighted by Gasteiger charge is -2.09. The lowest BCUT2D eigenvalue weighted by Crippen LogP contribution is -2.31. The molecule has 0 aromatic heterocycles. The van der Waals surface area contributed by atoms with Crippen LogP contribution in [-0.2, 0) is 10.0 Å². The van der Waals surface area contributed by atoms with Crippen LogP contribution in [-0.4, -0.2) is 14.5 Å². The van der Waals surface area contributed by atoms with Crippen molar-refractivity contribution < 1.29 is 8.42 Å². The Morgan fingerprint density at radius 1 is 1.47 bits per heavy atom. The number of rotatable bonds is 3. The number of hydrogen-bond acceptors (Lipinski definition) is 2. The normalized spacial score (nSPS) is 13.1. The molecule has 15 heavy (non-hydrogen) atoms. The van der Waals surface area contributed by atoms with E-state index < -0.39 is 16.1 Å². The Morgan fingerprint density at radius 2 is 2.13 bits per heavy atom. The number of terminal acetylenes is 1. The van der Waals surface area contributed by atoms with Crippen LogP contribution >= 0.6 is 0 Å². The Morgan fingerprint density at radius 3 is 2.67 bits per heavy atom. The molecule has 1 aromatic rings. The van der Waals surface area contributed by atoms with Crippen LogP contribution in [0.1, 0.15) is 12.5 Å². The van der Waals surface area contributed by atoms with Gasteiger partial charge in [-0.25, -0.2) is 8.42 Å². The highest BCUT2D eigenvalue weighted by atomic mass is 32.2. The van der Waals surface area contributed by atoms with Crippen molar-refractivity contribution in [2.24, 2.45) is 0 Å². The van der Waals surface area contributed by atoms with E-state index in [-0.39, 0.29) is 4.90 Å². The summed E-state index contributed by atoms with van der Waals surface area (Å²) >= 11 is 0. The number of hydrogen-bond donors (Lipinski definition) is 1. The van der Waals surface area contributed by atoms with Crippen LogP contribution in [0.4, 0.5) is 0 Å². The topological polar surface area (TPSA) is 46.2 Å². The molecule has 0 radical (unpaired) electrons. The van der Waals surface area contributed by atoms with Gasteiger partial charge in [0, 0.05) is 0 Å². The summed E-state index contributed by atoms with van der Waals surface area (Å²) in [5.74, 6) is 2.32. The zero-order valence-corrected chi connectivity index (χ0v) is 9.51. The molecule has 0 spiro atoms. The highest BCUT2D eigenvalue weighted by molar-refractivity contribution is 7.89. The van der Waals surface area contributed by atoms with Gasteiger partial charge in [-0.3, -0.25) is 0 Å². The molecule has 0 heterocycles. The maximum atomic E-state index is 11.7. The number of nitrogens with one attached hydrogen (secondary N) is 1. The molecule has 0 bridgehead atoms. The van der Waals surface area contributed by atoms with Crippen LogP contribution in [0, 0.1) is 19.3 Å². The van der Waals surface area contributed by atoms with Gasteiger partial charge >= 0.3 is 0 Å². The van der Waals surface area contributed by atoms with Crippen molar-refractivity contribution in [3.8, 4) is 12.3 Å². The second kappa shape index (κ2) is 4.47. The highest BCUT2D eigenvalue weighted by Gasteiger charge is 2.15. The van der Waals surface area contributed by atoms with Gasteiger partial charge in [-0.15, -0.1) is 6.42 Å². The molecule has 3 nitrogen and oxygen atoms in total. The molecule has 0 aliphatic heterocycles. The summed E-state index contributed by atoms with van der Waals surface area (Å²) in [5, 5.41) is 0. The zero-order valence-electron chi connectivity index (χ0n) is 8.69. The van der Waals surface area contributed by atoms with Gasteiger partial charge in [-0.2, -0.15) is 4.72 Å². The van der Waals surface area contributed by atoms with E-state index in [1.807, 2.05) is 13.0 Å². The number of benzene rings is 1. The van der Waals surface area contributed by atoms with Crippen LogP contribution in [0.2, 0.25) is 0 Å². The van der Waals surface area contributed by atoms with E-state index in [1.54, 1.807) is 25.1 Å². The Kier molecular flexibility index (Phi) is 3.51. The van der Waals surface area contributed by atoms with Crippen LogP contribution in [0.3, 0.4) is 0 Å². The van der Waals surface area contributed by atoms with Crippen molar-refractivity contribution in [2.45, 2.75) is 24.8 Å². The summed E-state index contributed by atoms with van der Waals surface area (Å²) in [6.07, 6.45) is 5.11. The molecule has 0 fully saturated rings. The molecule has 0 aliphatic carbocycles. The van der Waals surface area contributed by atoms with Crippen LogP contribution in [0.25, 0.3) is 0 Å². The van der Waals surface area contributed by atoms with Crippen molar-refractivity contribution in [2.75, 3.05) is 0 Å². The fourth-order valence-electron chi connectivity index (χ4n) is 1.12. The van der Waals surface area contributed by atoms with Crippen molar-refractivity contribution in [1.82, 2.24) is 4.72 Å². The molecule has 0 saturated heterocycles. The molecule has 4 heteroatoms. The van der Waals surface area contributed by atoms with Crippen LogP contribution in [0.5, 0.6) is 0 Å². The average molecular weight is 223 g/mol. The first-order valence-corrected chi connectivity index (χ1v) is 5.99. The number of sulfonamides is 1. The summed E-state index contributed by atoms with van der Waals surface area (Å²) in [7, 11) is -3.49. The zero-order chi connectivity index (χ0) is 11.5. The molecule has 1 unspecified atom stereocenters. The molecular weight excluding hydrogens is 210 g/mol. The van der Waals surface area contributed by atoms with Gasteiger partial charge < -0.3 is 0 Å². The van der Waals surface area contributed by atoms with Gasteiger partial charge in [0.1, 0.15) is 0 Å². The summed E-state index contributed by atoms with van der Waals surface area (Å²) in [6, 6.07) is 6.17. The largest absolute Gasteiger partial charge is 0.241 e. The van der Waals surface area contributed by atoms with E-state index in [1.165, 1.54) is 0 Å². The van der Waals surface area contributed by atoms with E-state index in [0.717, 1.165) is 5.56 Å². The SMILES string of the molecule is C#CC(C)NS(=O)(=O)c1cccc(C)c1. The summed E-state index contributed by atoms with van der Waals surface area (Å²) in [5.41, 5.74) is 0.895. The molecule has 0 amide bonds. The second-order valence-corrected chi connectivity index (χ2v) is 5.04. The van der Waals surface area contributed by atoms with Crippen molar-refractivity contribution >= 4 is 10.0 Å². The third-order valence-corrected chi connectivity index (χ3v) is 3.42. The van der Waals surface area contributed by atoms with Gasteiger partial charge in [0.05, 0.1) is 10.9 Å². The smallest absolute Gasteiger partial charge is 0.207 e. The fourth-order valence-corrected chi connectivity index (χ4v) is 2.39. The van der Waals surface area contributed by atoms with Gasteiger partial charge in [0.15, 0.2) is 0 Å². The first-order valence-electron chi connectivity index (χ1n) is 4.51. The van der Waals surface area contributed by atoms with E-state index in [0.29, 0.717) is 0 Å². The molecule has 1 rings (SSSR count). The summed E-state index contributed by atoms with van der Waals surface area (Å²) in [4.78, 5) is 0.240. The second-order valence-electron chi connectivity index (χ2n) is 3.33. The van der Waals surface area contributed by atoms with Gasteiger partial charge in [-0.05, 0) is 31.5 Å². The van der Waals surface area contributed by atoms with Crippen molar-refractivity contribution in [1.29, 1.82) is 0 Å². The van der Waals surface area contributed by atoms with Crippen molar-refractivity contribution in [3.05, 3.63) is 29.8 Å². The van der Waals surface area contributed by atoms with Crippen molar-refractivity contribution in [3.63, 3.8) is 0 Å². The minimum Gasteiger partial charge on any atom is -0.207 e. The Balaban J connectivity index is 3.03. The first kappa shape index (κ1) is 11.8. The third kappa shape index (κ3) is 3.08. The molecule has 80 valence electrons. The minimum atomic E-state index is -3.49. The van der Waals surface area contributed by atoms with Crippen LogP contribution < -0.4 is 4.72 Å². The average Bonchev–Trinajstić information content (AvgIpc) is 2.17. The lowest BCUT2D eigenvalue weighted by atomic mass is 10.2.